The fourth-order valence-corrected chi connectivity index (χ4v) is 19.0. The Morgan fingerprint density at radius 2 is 0.836 bits per heavy atom. The van der Waals surface area contributed by atoms with Gasteiger partial charge < -0.3 is 29.1 Å². The number of anilines is 2. The highest BCUT2D eigenvalue weighted by Gasteiger charge is 2.32. The predicted octanol–water partition coefficient (Wildman–Crippen LogP) is 34.3. The minimum Gasteiger partial charge on any atom is -0.507 e. The molecule has 0 saturated carbocycles. The average molecular weight is 1670 g/mol. The Morgan fingerprint density at radius 3 is 1.18 bits per heavy atom. The van der Waals surface area contributed by atoms with Crippen molar-refractivity contribution in [3.05, 3.63) is 171 Å². The maximum absolute atomic E-state index is 10.6. The van der Waals surface area contributed by atoms with E-state index in [1.54, 1.807) is 0 Å². The van der Waals surface area contributed by atoms with Crippen LogP contribution in [0.2, 0.25) is 0 Å². The Labute approximate surface area is 724 Å². The second kappa shape index (κ2) is 48.3. The molecule has 0 aliphatic heterocycles. The summed E-state index contributed by atoms with van der Waals surface area (Å²) >= 11 is 4.06. The van der Waals surface area contributed by atoms with Gasteiger partial charge in [-0.05, 0) is 192 Å². The van der Waals surface area contributed by atoms with Crippen LogP contribution < -0.4 is 20.1 Å². The van der Waals surface area contributed by atoms with Gasteiger partial charge in [0.1, 0.15) is 22.7 Å². The second-order valence-electron chi connectivity index (χ2n) is 42.3. The van der Waals surface area contributed by atoms with Crippen LogP contribution in [-0.2, 0) is 49.4 Å². The first-order chi connectivity index (χ1) is 54.0. The van der Waals surface area contributed by atoms with Crippen LogP contribution >= 0.6 is 41.2 Å². The monoisotopic (exact) mass is 1670 g/mol. The molecule has 0 bridgehead atoms. The number of nitrogens with two attached hydrogens (primary N) is 1. The molecule has 1 unspecified atom stereocenters. The minimum absolute atomic E-state index is 0.0162. The number of rotatable bonds is 38. The van der Waals surface area contributed by atoms with E-state index >= 15 is 0 Å². The largest absolute Gasteiger partial charge is 0.507 e. The molecule has 1 atom stereocenters. The van der Waals surface area contributed by atoms with E-state index in [0.717, 1.165) is 68.1 Å². The van der Waals surface area contributed by atoms with Crippen molar-refractivity contribution in [3.8, 4) is 11.5 Å². The summed E-state index contributed by atoms with van der Waals surface area (Å²) in [6.45, 7) is 70.5. The summed E-state index contributed by atoms with van der Waals surface area (Å²) in [5.41, 5.74) is 25.4. The molecule has 11 heteroatoms. The van der Waals surface area contributed by atoms with Crippen molar-refractivity contribution < 1.29 is 22.5 Å². The summed E-state index contributed by atoms with van der Waals surface area (Å²) in [7, 11) is 0.655. The molecule has 0 amide bonds. The number of phenols is 1. The summed E-state index contributed by atoms with van der Waals surface area (Å²) in [4.78, 5) is 0. The lowest BCUT2D eigenvalue weighted by Gasteiger charge is -2.33. The Balaban J connectivity index is 0.000000336. The third-order valence-electron chi connectivity index (χ3n) is 22.0. The van der Waals surface area contributed by atoms with Crippen molar-refractivity contribution in [1.29, 1.82) is 0 Å². The quantitative estimate of drug-likeness (QED) is 0.0258. The van der Waals surface area contributed by atoms with Crippen LogP contribution in [0.3, 0.4) is 0 Å². The number of thioether (sulfide) groups is 2. The van der Waals surface area contributed by atoms with Gasteiger partial charge in [-0.15, -0.1) is 0 Å². The number of hydrogen-bond donors (Lipinski definition) is 3. The zero-order valence-electron chi connectivity index (χ0n) is 79.5. The van der Waals surface area contributed by atoms with Crippen molar-refractivity contribution in [2.45, 2.75) is 398 Å². The molecule has 7 nitrogen and oxygen atoms in total. The number of unbranched alkanes of at least 4 members (excludes halogenated alkanes) is 18. The smallest absolute Gasteiger partial charge is 0.387 e. The maximum Gasteiger partial charge on any atom is 0.387 e. The van der Waals surface area contributed by atoms with Crippen LogP contribution in [0.5, 0.6) is 11.5 Å². The molecule has 0 saturated heterocycles. The molecule has 0 spiro atoms. The second-order valence-corrected chi connectivity index (χ2v) is 45.8. The Bertz CT molecular complexity index is 3900. The molecule has 0 aliphatic carbocycles. The van der Waals surface area contributed by atoms with Gasteiger partial charge in [-0.1, -0.05) is 371 Å². The van der Waals surface area contributed by atoms with Crippen molar-refractivity contribution >= 4 is 80.1 Å². The number of nitrogens with one attached hydrogen (secondary N) is 1. The van der Waals surface area contributed by atoms with Gasteiger partial charge in [0.05, 0.1) is 16.1 Å². The van der Waals surface area contributed by atoms with E-state index < -0.39 is 8.24 Å². The lowest BCUT2D eigenvalue weighted by molar-refractivity contribution is 0.283. The highest BCUT2D eigenvalue weighted by atomic mass is 32.2. The molecule has 1 aromatic heterocycles. The fraction of sp³-hybridized carbons (Fsp3) is 0.638. The lowest BCUT2D eigenvalue weighted by Crippen LogP contribution is -2.24. The van der Waals surface area contributed by atoms with Crippen LogP contribution in [0.4, 0.5) is 11.4 Å². The summed E-state index contributed by atoms with van der Waals surface area (Å²) < 4.78 is 24.6. The minimum atomic E-state index is -1.66. The SMILES string of the molecule is C=C(CC)c1ccc(OP)c(C(C)(C)C)c1.CC(C)(C)CC(C)(C)c1ccc(Nc2ccc(C(C)(C)CC(C)(C)C)cc2)cc1.CC(C)(C)c1cc(C(C)(C)C)c2op(OCCN)oc3c(C(C)(C)C)cc(C(C)(C)C)cc3c2c1.CCCCCCCCCCCCSCc1cc(C)c(O)c(CSCCCCCCCCCCCC)c1. The topological polar surface area (TPSA) is 103 Å². The molecule has 0 aliphatic rings. The zero-order chi connectivity index (χ0) is 87.1. The molecule has 7 rings (SSSR count). The number of aromatic hydroxyl groups is 1. The first-order valence-electron chi connectivity index (χ1n) is 45.0. The molecule has 116 heavy (non-hydrogen) atoms. The fourth-order valence-electron chi connectivity index (χ4n) is 15.7. The van der Waals surface area contributed by atoms with Gasteiger partial charge in [0.25, 0.3) is 0 Å². The van der Waals surface area contributed by atoms with Gasteiger partial charge in [0, 0.05) is 62.5 Å². The van der Waals surface area contributed by atoms with Crippen LogP contribution in [-0.4, -0.2) is 29.8 Å². The maximum atomic E-state index is 10.6. The Kier molecular flexibility index (Phi) is 43.2. The van der Waals surface area contributed by atoms with Gasteiger partial charge in [-0.25, -0.2) is 0 Å². The molecule has 0 fully saturated rings. The first kappa shape index (κ1) is 104. The number of benzene rings is 6. The van der Waals surface area contributed by atoms with Gasteiger partial charge in [-0.3, -0.25) is 4.52 Å². The van der Waals surface area contributed by atoms with Gasteiger partial charge in [0.15, 0.2) is 0 Å². The van der Waals surface area contributed by atoms with Crippen molar-refractivity contribution in [1.82, 2.24) is 0 Å². The van der Waals surface area contributed by atoms with Gasteiger partial charge in [-0.2, -0.15) is 23.5 Å². The van der Waals surface area contributed by atoms with Gasteiger partial charge in [0.2, 0.25) is 0 Å². The van der Waals surface area contributed by atoms with E-state index in [-0.39, 0.29) is 37.9 Å². The van der Waals surface area contributed by atoms with Crippen molar-refractivity contribution in [2.75, 3.05) is 30.0 Å². The average Bonchev–Trinajstić information content (AvgIpc) is 1.55. The van der Waals surface area contributed by atoms with Crippen LogP contribution in [0.1, 0.15) is 403 Å². The highest BCUT2D eigenvalue weighted by Crippen LogP contribution is 2.47. The third-order valence-corrected chi connectivity index (χ3v) is 25.5. The first-order valence-corrected chi connectivity index (χ1v) is 48.9. The number of allylic oxidation sites excluding steroid dienone is 1. The molecule has 0 radical (unpaired) electrons. The van der Waals surface area contributed by atoms with E-state index in [1.165, 1.54) is 208 Å². The molecule has 1 heterocycles. The van der Waals surface area contributed by atoms with E-state index in [9.17, 15) is 5.11 Å². The Morgan fingerprint density at radius 1 is 0.457 bits per heavy atom. The van der Waals surface area contributed by atoms with E-state index in [2.05, 4.69) is 331 Å². The molecular formula is C105H170N2O5P2S2. The van der Waals surface area contributed by atoms with E-state index in [1.807, 2.05) is 17.8 Å². The van der Waals surface area contributed by atoms with Crippen molar-refractivity contribution in [3.63, 3.8) is 0 Å². The van der Waals surface area contributed by atoms with E-state index in [4.69, 9.17) is 23.2 Å². The molecular weight excluding hydrogens is 1500 g/mol. The molecule has 6 aromatic carbocycles. The normalized spacial score (nSPS) is 12.6. The standard InChI is InChI=1S/C33H60OS2.C30H46NO3P.C28H43N.C14H21OP/c1-4-6-8-10-12-14-16-18-20-22-24-35-28-31-26-30(3)33(34)32(27-31)29-36-25-23-21-19-17-15-13-11-9-7-5-2;1-27(2,3)19-15-21-22-16-20(28(4,5)6)18-24(30(10,11)12)26(22)34-35(32-14-13-31)33-25(21)23(17-19)29(7,8)9;1-25(2,3)19-27(7,8)21-11-15-23(16-12-21)29-24-17-13-22(14-18-24)28(9,10)20-26(4,5)6;1-6-10(2)11-7-8-13(15-16)12(9-11)14(3,4)5/h26-27,34H,4-25,28-29H2,1-3H3;15-18H,13-14,31H2,1-12H3;11-18,29H,19-20H2,1-10H3;7-9H,2,6,16H2,1,3-5H3. The summed E-state index contributed by atoms with van der Waals surface area (Å²) in [6.07, 6.45) is 31.3. The molecule has 7 aromatic rings. The highest BCUT2D eigenvalue weighted by molar-refractivity contribution is 7.98. The summed E-state index contributed by atoms with van der Waals surface area (Å²) in [6, 6.07) is 37.8. The van der Waals surface area contributed by atoms with E-state index in [0.29, 0.717) is 29.7 Å². The van der Waals surface area contributed by atoms with Crippen LogP contribution in [0, 0.1) is 17.8 Å². The molecule has 652 valence electrons. The number of phenolic OH excluding ortho intramolecular Hbond substituents is 1. The number of fused-ring (bicyclic) bond motifs is 3. The predicted molar refractivity (Wildman–Crippen MR) is 526 cm³/mol. The molecule has 4 N–H and O–H groups in total. The number of hydrogen-bond acceptors (Lipinski definition) is 9. The summed E-state index contributed by atoms with van der Waals surface area (Å²) in [5.74, 6) is 5.95. The number of aryl methyl sites for hydroxylation is 1. The van der Waals surface area contributed by atoms with Gasteiger partial charge >= 0.3 is 8.24 Å². The summed E-state index contributed by atoms with van der Waals surface area (Å²) in [5, 5.41) is 16.3. The zero-order valence-corrected chi connectivity index (χ0v) is 83.2. The lowest BCUT2D eigenvalue weighted by atomic mass is 9.72. The van der Waals surface area contributed by atoms with Crippen molar-refractivity contribution in [2.24, 2.45) is 16.6 Å². The Hall–Kier alpha value is -4.59. The van der Waals surface area contributed by atoms with Crippen LogP contribution in [0.25, 0.3) is 27.5 Å². The third kappa shape index (κ3) is 37.0. The van der Waals surface area contributed by atoms with Crippen LogP contribution in [0.15, 0.2) is 118 Å².